The summed E-state index contributed by atoms with van der Waals surface area (Å²) in [6.45, 7) is -1.57. The number of ether oxygens (including phenoxy) is 2. The molecular weight excluding hydrogens is 480 g/mol. The van der Waals surface area contributed by atoms with Crippen LogP contribution in [0.4, 0.5) is 13.2 Å². The normalized spacial score (nSPS) is 26.4. The second-order valence-electron chi connectivity index (χ2n) is 6.63. The molecule has 0 saturated heterocycles. The highest BCUT2D eigenvalue weighted by molar-refractivity contribution is 14.1. The molecule has 0 aliphatic heterocycles. The van der Waals surface area contributed by atoms with Gasteiger partial charge in [0.25, 0.3) is 0 Å². The maximum Gasteiger partial charge on any atom is 0.411 e. The second-order valence-corrected chi connectivity index (χ2v) is 7.88. The molecule has 4 unspecified atom stereocenters. The number of alkyl halides is 3. The molecular formula is C18H16F3IO5. The van der Waals surface area contributed by atoms with Crippen LogP contribution in [0.15, 0.2) is 30.4 Å². The summed E-state index contributed by atoms with van der Waals surface area (Å²) >= 11 is 1.97. The first-order valence-corrected chi connectivity index (χ1v) is 9.31. The minimum atomic E-state index is -4.43. The van der Waals surface area contributed by atoms with Crippen LogP contribution in [-0.4, -0.2) is 36.4 Å². The van der Waals surface area contributed by atoms with Crippen molar-refractivity contribution in [2.24, 2.45) is 23.7 Å². The molecule has 27 heavy (non-hydrogen) atoms. The van der Waals surface area contributed by atoms with Crippen molar-refractivity contribution in [2.75, 3.05) is 13.2 Å². The summed E-state index contributed by atoms with van der Waals surface area (Å²) in [5, 5.41) is 9.25. The standard InChI is InChI=1S/C18H16F3IO5/c19-18(20,21)8-26-7-13-9-1-2-10(5-9)15(13)17(25)27-14-6-11(22)3-4-12(14)16(23)24/h1-4,6,9-10,13,15H,5,7-8H2,(H,23,24). The van der Waals surface area contributed by atoms with Gasteiger partial charge in [-0.15, -0.1) is 0 Å². The molecule has 2 bridgehead atoms. The van der Waals surface area contributed by atoms with Crippen molar-refractivity contribution in [3.8, 4) is 5.75 Å². The summed E-state index contributed by atoms with van der Waals surface area (Å²) < 4.78 is 47.8. The van der Waals surface area contributed by atoms with E-state index in [-0.39, 0.29) is 29.8 Å². The van der Waals surface area contributed by atoms with E-state index in [1.807, 2.05) is 34.7 Å². The monoisotopic (exact) mass is 496 g/mol. The summed E-state index contributed by atoms with van der Waals surface area (Å²) in [7, 11) is 0. The van der Waals surface area contributed by atoms with E-state index in [1.54, 1.807) is 6.07 Å². The van der Waals surface area contributed by atoms with Crippen molar-refractivity contribution in [3.05, 3.63) is 39.5 Å². The van der Waals surface area contributed by atoms with Crippen molar-refractivity contribution < 1.29 is 37.3 Å². The van der Waals surface area contributed by atoms with Crippen molar-refractivity contribution in [1.82, 2.24) is 0 Å². The zero-order chi connectivity index (χ0) is 19.8. The number of esters is 1. The Kier molecular flexibility index (Phi) is 5.80. The van der Waals surface area contributed by atoms with Gasteiger partial charge in [-0.25, -0.2) is 4.79 Å². The summed E-state index contributed by atoms with van der Waals surface area (Å²) in [4.78, 5) is 24.1. The predicted molar refractivity (Wildman–Crippen MR) is 96.3 cm³/mol. The Morgan fingerprint density at radius 1 is 1.22 bits per heavy atom. The van der Waals surface area contributed by atoms with Crippen molar-refractivity contribution in [1.29, 1.82) is 0 Å². The zero-order valence-corrected chi connectivity index (χ0v) is 16.1. The number of halogens is 4. The molecule has 1 N–H and O–H groups in total. The number of fused-ring (bicyclic) bond motifs is 2. The van der Waals surface area contributed by atoms with E-state index in [0.29, 0.717) is 9.99 Å². The summed E-state index contributed by atoms with van der Waals surface area (Å²) in [5.41, 5.74) is -0.146. The van der Waals surface area contributed by atoms with Crippen LogP contribution in [0.2, 0.25) is 0 Å². The number of rotatable bonds is 6. The molecule has 1 saturated carbocycles. The van der Waals surface area contributed by atoms with Crippen LogP contribution in [0.1, 0.15) is 16.8 Å². The molecule has 1 aromatic carbocycles. The van der Waals surface area contributed by atoms with Crippen LogP contribution < -0.4 is 4.74 Å². The molecule has 0 aromatic heterocycles. The van der Waals surface area contributed by atoms with Crippen LogP contribution in [0.3, 0.4) is 0 Å². The van der Waals surface area contributed by atoms with Gasteiger partial charge in [0.1, 0.15) is 17.9 Å². The first kappa shape index (κ1) is 20.1. The highest BCUT2D eigenvalue weighted by Gasteiger charge is 2.49. The van der Waals surface area contributed by atoms with Gasteiger partial charge in [-0.1, -0.05) is 12.2 Å². The molecule has 5 nitrogen and oxygen atoms in total. The SMILES string of the molecule is O=C(O)c1ccc(I)cc1OC(=O)C1C2C=CC(C2)C1COCC(F)(F)F. The smallest absolute Gasteiger partial charge is 0.411 e. The van der Waals surface area contributed by atoms with Gasteiger partial charge in [0, 0.05) is 9.49 Å². The average Bonchev–Trinajstić information content (AvgIpc) is 3.14. The van der Waals surface area contributed by atoms with Crippen LogP contribution in [-0.2, 0) is 9.53 Å². The van der Waals surface area contributed by atoms with Gasteiger partial charge in [-0.05, 0) is 59.0 Å². The molecule has 2 aliphatic rings. The van der Waals surface area contributed by atoms with E-state index in [4.69, 9.17) is 9.47 Å². The number of carbonyl (C=O) groups is 2. The third kappa shape index (κ3) is 4.63. The van der Waals surface area contributed by atoms with Gasteiger partial charge < -0.3 is 14.6 Å². The third-order valence-electron chi connectivity index (χ3n) is 4.86. The Morgan fingerprint density at radius 3 is 2.59 bits per heavy atom. The number of carbonyl (C=O) groups excluding carboxylic acids is 1. The first-order valence-electron chi connectivity index (χ1n) is 8.23. The van der Waals surface area contributed by atoms with E-state index in [9.17, 15) is 27.9 Å². The Labute approximate surface area is 166 Å². The average molecular weight is 496 g/mol. The van der Waals surface area contributed by atoms with Crippen molar-refractivity contribution in [3.63, 3.8) is 0 Å². The minimum absolute atomic E-state index is 0.0457. The first-order chi connectivity index (χ1) is 12.7. The maximum absolute atomic E-state index is 12.7. The molecule has 4 atom stereocenters. The number of benzene rings is 1. The van der Waals surface area contributed by atoms with E-state index < -0.39 is 36.6 Å². The highest BCUT2D eigenvalue weighted by Crippen LogP contribution is 2.48. The molecule has 0 heterocycles. The lowest BCUT2D eigenvalue weighted by molar-refractivity contribution is -0.178. The maximum atomic E-state index is 12.7. The third-order valence-corrected chi connectivity index (χ3v) is 5.53. The van der Waals surface area contributed by atoms with Crippen molar-refractivity contribution in [2.45, 2.75) is 12.6 Å². The Bertz CT molecular complexity index is 777. The van der Waals surface area contributed by atoms with Crippen LogP contribution in [0.5, 0.6) is 5.75 Å². The highest BCUT2D eigenvalue weighted by atomic mass is 127. The van der Waals surface area contributed by atoms with Crippen LogP contribution in [0.25, 0.3) is 0 Å². The number of hydrogen-bond acceptors (Lipinski definition) is 4. The Morgan fingerprint density at radius 2 is 1.93 bits per heavy atom. The largest absolute Gasteiger partial charge is 0.478 e. The number of allylic oxidation sites excluding steroid dienone is 2. The topological polar surface area (TPSA) is 72.8 Å². The van der Waals surface area contributed by atoms with E-state index in [1.165, 1.54) is 12.1 Å². The molecule has 2 aliphatic carbocycles. The van der Waals surface area contributed by atoms with Crippen molar-refractivity contribution >= 4 is 34.5 Å². The fraction of sp³-hybridized carbons (Fsp3) is 0.444. The second kappa shape index (κ2) is 7.78. The summed E-state index contributed by atoms with van der Waals surface area (Å²) in [6, 6.07) is 4.37. The van der Waals surface area contributed by atoms with E-state index in [0.717, 1.165) is 0 Å². The van der Waals surface area contributed by atoms with Gasteiger partial charge in [-0.3, -0.25) is 4.79 Å². The molecule has 1 aromatic rings. The summed E-state index contributed by atoms with van der Waals surface area (Å²) in [5.74, 6) is -3.21. The van der Waals surface area contributed by atoms with Gasteiger partial charge in [0.15, 0.2) is 0 Å². The van der Waals surface area contributed by atoms with Gasteiger partial charge in [0.05, 0.1) is 12.5 Å². The fourth-order valence-electron chi connectivity index (χ4n) is 3.75. The molecule has 0 radical (unpaired) electrons. The quantitative estimate of drug-likeness (QED) is 0.280. The lowest BCUT2D eigenvalue weighted by Crippen LogP contribution is -2.34. The number of carboxylic acid groups (broad SMARTS) is 1. The fourth-order valence-corrected chi connectivity index (χ4v) is 4.21. The lowest BCUT2D eigenvalue weighted by atomic mass is 9.83. The van der Waals surface area contributed by atoms with Gasteiger partial charge in [-0.2, -0.15) is 13.2 Å². The summed E-state index contributed by atoms with van der Waals surface area (Å²) in [6.07, 6.45) is -0.0214. The Hall–Kier alpha value is -1.62. The molecule has 0 spiro atoms. The van der Waals surface area contributed by atoms with Crippen LogP contribution >= 0.6 is 22.6 Å². The minimum Gasteiger partial charge on any atom is -0.478 e. The number of aromatic carboxylic acids is 1. The van der Waals surface area contributed by atoms with Gasteiger partial charge >= 0.3 is 18.1 Å². The Balaban J connectivity index is 1.74. The molecule has 1 fully saturated rings. The number of carboxylic acids is 1. The molecule has 9 heteroatoms. The van der Waals surface area contributed by atoms with Gasteiger partial charge in [0.2, 0.25) is 0 Å². The van der Waals surface area contributed by atoms with E-state index >= 15 is 0 Å². The lowest BCUT2D eigenvalue weighted by Gasteiger charge is -2.26. The predicted octanol–water partition coefficient (Wildman–Crippen LogP) is 3.91. The molecule has 3 rings (SSSR count). The van der Waals surface area contributed by atoms with E-state index in [2.05, 4.69) is 0 Å². The number of hydrogen-bond donors (Lipinski definition) is 1. The zero-order valence-electron chi connectivity index (χ0n) is 13.9. The van der Waals surface area contributed by atoms with Crippen LogP contribution in [0, 0.1) is 27.2 Å². The molecule has 0 amide bonds. The molecule has 146 valence electrons.